The molecule has 0 aliphatic carbocycles. The first-order valence-corrected chi connectivity index (χ1v) is 6.98. The number of hydrogen-bond acceptors (Lipinski definition) is 3. The molecule has 4 nitrogen and oxygen atoms in total. The van der Waals surface area contributed by atoms with Crippen LogP contribution in [0.4, 0.5) is 4.79 Å². The number of amides is 1. The molecule has 21 heavy (non-hydrogen) atoms. The fraction of sp³-hybridized carbons (Fsp3) is 0.353. The number of benzene rings is 2. The summed E-state index contributed by atoms with van der Waals surface area (Å²) in [7, 11) is 0. The molecule has 2 aromatic rings. The Kier molecular flexibility index (Phi) is 4.07. The van der Waals surface area contributed by atoms with E-state index in [2.05, 4.69) is 5.32 Å². The van der Waals surface area contributed by atoms with Gasteiger partial charge in [0.15, 0.2) is 0 Å². The van der Waals surface area contributed by atoms with Crippen LogP contribution >= 0.6 is 0 Å². The van der Waals surface area contributed by atoms with Crippen LogP contribution in [0.15, 0.2) is 36.4 Å². The number of alkyl carbamates (subject to hydrolysis) is 1. The van der Waals surface area contributed by atoms with Crippen LogP contribution in [0, 0.1) is 0 Å². The van der Waals surface area contributed by atoms with Crippen molar-refractivity contribution in [2.75, 3.05) is 0 Å². The van der Waals surface area contributed by atoms with Crippen molar-refractivity contribution in [1.82, 2.24) is 5.32 Å². The lowest BCUT2D eigenvalue weighted by molar-refractivity contribution is 0.0508. The van der Waals surface area contributed by atoms with Gasteiger partial charge >= 0.3 is 6.09 Å². The van der Waals surface area contributed by atoms with E-state index in [0.717, 1.165) is 16.3 Å². The van der Waals surface area contributed by atoms with Crippen LogP contribution in [0.1, 0.15) is 39.3 Å². The van der Waals surface area contributed by atoms with Crippen molar-refractivity contribution in [3.63, 3.8) is 0 Å². The van der Waals surface area contributed by atoms with Gasteiger partial charge in [-0.1, -0.05) is 30.3 Å². The van der Waals surface area contributed by atoms with Gasteiger partial charge in [-0.05, 0) is 44.7 Å². The summed E-state index contributed by atoms with van der Waals surface area (Å²) >= 11 is 0. The molecule has 0 aromatic heterocycles. The second-order valence-electron chi connectivity index (χ2n) is 6.09. The third kappa shape index (κ3) is 3.66. The number of fused-ring (bicyclic) bond motifs is 1. The molecule has 1 amide bonds. The van der Waals surface area contributed by atoms with Crippen molar-refractivity contribution in [1.29, 1.82) is 0 Å². The van der Waals surface area contributed by atoms with Gasteiger partial charge in [-0.2, -0.15) is 0 Å². The molecule has 1 atom stereocenters. The van der Waals surface area contributed by atoms with E-state index in [4.69, 9.17) is 4.74 Å². The van der Waals surface area contributed by atoms with Crippen LogP contribution in [-0.2, 0) is 4.74 Å². The van der Waals surface area contributed by atoms with Crippen LogP contribution in [-0.4, -0.2) is 16.8 Å². The first kappa shape index (κ1) is 15.2. The summed E-state index contributed by atoms with van der Waals surface area (Å²) in [6.07, 6.45) is -0.452. The standard InChI is InChI=1S/C17H21NO3/c1-11(18-16(20)21-17(2,3)4)12-9-10-15(19)14-8-6-5-7-13(12)14/h5-11,19H,1-4H3,(H,18,20). The fourth-order valence-corrected chi connectivity index (χ4v) is 2.25. The quantitative estimate of drug-likeness (QED) is 0.873. The number of phenols is 1. The minimum atomic E-state index is -0.527. The molecule has 0 saturated heterocycles. The zero-order chi connectivity index (χ0) is 15.6. The second kappa shape index (κ2) is 5.64. The molecule has 112 valence electrons. The van der Waals surface area contributed by atoms with E-state index in [1.165, 1.54) is 0 Å². The van der Waals surface area contributed by atoms with Gasteiger partial charge in [0.25, 0.3) is 0 Å². The lowest BCUT2D eigenvalue weighted by Crippen LogP contribution is -2.34. The molecule has 0 fully saturated rings. The topological polar surface area (TPSA) is 58.6 Å². The number of carbonyl (C=O) groups excluding carboxylic acids is 1. The van der Waals surface area contributed by atoms with Gasteiger partial charge in [0.2, 0.25) is 0 Å². The molecule has 0 aliphatic heterocycles. The molecular formula is C17H21NO3. The van der Waals surface area contributed by atoms with Crippen LogP contribution < -0.4 is 5.32 Å². The predicted molar refractivity (Wildman–Crippen MR) is 83.4 cm³/mol. The monoisotopic (exact) mass is 287 g/mol. The summed E-state index contributed by atoms with van der Waals surface area (Å²) in [5.41, 5.74) is 0.412. The number of nitrogens with one attached hydrogen (secondary N) is 1. The Hall–Kier alpha value is -2.23. The average molecular weight is 287 g/mol. The molecule has 4 heteroatoms. The molecule has 0 radical (unpaired) electrons. The molecule has 2 aromatic carbocycles. The minimum Gasteiger partial charge on any atom is -0.507 e. The van der Waals surface area contributed by atoms with E-state index in [1.807, 2.05) is 58.0 Å². The van der Waals surface area contributed by atoms with E-state index in [-0.39, 0.29) is 11.8 Å². The van der Waals surface area contributed by atoms with Crippen LogP contribution in [0.2, 0.25) is 0 Å². The van der Waals surface area contributed by atoms with Gasteiger partial charge in [-0.25, -0.2) is 4.79 Å². The highest BCUT2D eigenvalue weighted by Crippen LogP contribution is 2.30. The molecule has 0 bridgehead atoms. The Morgan fingerprint density at radius 1 is 1.14 bits per heavy atom. The summed E-state index contributed by atoms with van der Waals surface area (Å²) in [6.45, 7) is 7.37. The average Bonchev–Trinajstić information content (AvgIpc) is 2.37. The van der Waals surface area contributed by atoms with E-state index >= 15 is 0 Å². The first-order valence-electron chi connectivity index (χ1n) is 6.98. The van der Waals surface area contributed by atoms with E-state index in [9.17, 15) is 9.90 Å². The van der Waals surface area contributed by atoms with Gasteiger partial charge in [0.1, 0.15) is 11.4 Å². The first-order chi connectivity index (χ1) is 9.78. The van der Waals surface area contributed by atoms with Crippen LogP contribution in [0.3, 0.4) is 0 Å². The lowest BCUT2D eigenvalue weighted by Gasteiger charge is -2.22. The highest BCUT2D eigenvalue weighted by atomic mass is 16.6. The fourth-order valence-electron chi connectivity index (χ4n) is 2.25. The molecule has 0 saturated carbocycles. The second-order valence-corrected chi connectivity index (χ2v) is 6.09. The number of carbonyl (C=O) groups is 1. The van der Waals surface area contributed by atoms with Crippen molar-refractivity contribution in [2.45, 2.75) is 39.3 Å². The Bertz CT molecular complexity index is 659. The Morgan fingerprint density at radius 2 is 1.76 bits per heavy atom. The number of rotatable bonds is 2. The molecule has 0 aliphatic rings. The Morgan fingerprint density at radius 3 is 2.38 bits per heavy atom. The van der Waals surface area contributed by atoms with E-state index in [0.29, 0.717) is 0 Å². The van der Waals surface area contributed by atoms with Crippen molar-refractivity contribution in [3.8, 4) is 5.75 Å². The normalized spacial score (nSPS) is 13.0. The molecule has 2 rings (SSSR count). The maximum absolute atomic E-state index is 11.9. The Balaban J connectivity index is 2.26. The summed E-state index contributed by atoms with van der Waals surface area (Å²) < 4.78 is 5.27. The minimum absolute atomic E-state index is 0.217. The molecular weight excluding hydrogens is 266 g/mol. The van der Waals surface area contributed by atoms with Crippen LogP contribution in [0.25, 0.3) is 10.8 Å². The summed E-state index contributed by atoms with van der Waals surface area (Å²) in [4.78, 5) is 11.9. The van der Waals surface area contributed by atoms with Crippen molar-refractivity contribution < 1.29 is 14.6 Å². The van der Waals surface area contributed by atoms with E-state index in [1.54, 1.807) is 6.07 Å². The SMILES string of the molecule is CC(NC(=O)OC(C)(C)C)c1ccc(O)c2ccccc12. The van der Waals surface area contributed by atoms with Gasteiger partial charge in [-0.15, -0.1) is 0 Å². The Labute approximate surface area is 124 Å². The molecule has 0 heterocycles. The van der Waals surface area contributed by atoms with Gasteiger partial charge < -0.3 is 15.2 Å². The number of phenolic OH excluding ortho intramolecular Hbond substituents is 1. The molecule has 1 unspecified atom stereocenters. The summed E-state index contributed by atoms with van der Waals surface area (Å²) in [6, 6.07) is 10.8. The molecule has 2 N–H and O–H groups in total. The highest BCUT2D eigenvalue weighted by Gasteiger charge is 2.19. The zero-order valence-electron chi connectivity index (χ0n) is 12.8. The van der Waals surface area contributed by atoms with Crippen LogP contribution in [0.5, 0.6) is 5.75 Å². The van der Waals surface area contributed by atoms with Crippen molar-refractivity contribution in [2.24, 2.45) is 0 Å². The molecule has 0 spiro atoms. The van der Waals surface area contributed by atoms with Crippen molar-refractivity contribution >= 4 is 16.9 Å². The van der Waals surface area contributed by atoms with E-state index < -0.39 is 11.7 Å². The summed E-state index contributed by atoms with van der Waals surface area (Å²) in [5, 5.41) is 14.4. The highest BCUT2D eigenvalue weighted by molar-refractivity contribution is 5.91. The van der Waals surface area contributed by atoms with Crippen molar-refractivity contribution in [3.05, 3.63) is 42.0 Å². The number of ether oxygens (including phenoxy) is 1. The zero-order valence-corrected chi connectivity index (χ0v) is 12.8. The van der Waals surface area contributed by atoms with Gasteiger partial charge in [0.05, 0.1) is 6.04 Å². The van der Waals surface area contributed by atoms with Gasteiger partial charge in [-0.3, -0.25) is 0 Å². The smallest absolute Gasteiger partial charge is 0.408 e. The van der Waals surface area contributed by atoms with Gasteiger partial charge in [0, 0.05) is 5.39 Å². The number of aromatic hydroxyl groups is 1. The maximum Gasteiger partial charge on any atom is 0.408 e. The number of hydrogen-bond donors (Lipinski definition) is 2. The lowest BCUT2D eigenvalue weighted by atomic mass is 9.99. The maximum atomic E-state index is 11.9. The predicted octanol–water partition coefficient (Wildman–Crippen LogP) is 4.13. The largest absolute Gasteiger partial charge is 0.507 e. The summed E-state index contributed by atoms with van der Waals surface area (Å²) in [5.74, 6) is 0.235. The third-order valence-corrected chi connectivity index (χ3v) is 3.13. The third-order valence-electron chi connectivity index (χ3n) is 3.13.